The first kappa shape index (κ1) is 14.8. The van der Waals surface area contributed by atoms with Crippen molar-refractivity contribution in [2.45, 2.75) is 58.3 Å². The lowest BCUT2D eigenvalue weighted by Gasteiger charge is -2.33. The van der Waals surface area contributed by atoms with Crippen LogP contribution in [0.1, 0.15) is 58.3 Å². The molecule has 1 heterocycles. The molecule has 1 N–H and O–H groups in total. The summed E-state index contributed by atoms with van der Waals surface area (Å²) in [6.07, 6.45) is 9.65. The third kappa shape index (κ3) is 4.48. The van der Waals surface area contributed by atoms with E-state index in [0.29, 0.717) is 11.8 Å². The number of piperidine rings is 1. The molecule has 110 valence electrons. The molecule has 0 atom stereocenters. The van der Waals surface area contributed by atoms with E-state index in [1.54, 1.807) is 0 Å². The summed E-state index contributed by atoms with van der Waals surface area (Å²) in [4.78, 5) is 14.9. The zero-order valence-corrected chi connectivity index (χ0v) is 12.5. The number of nitrogens with one attached hydrogen (secondary N) is 1. The lowest BCUT2D eigenvalue weighted by molar-refractivity contribution is -0.137. The van der Waals surface area contributed by atoms with Crippen LogP contribution in [0.5, 0.6) is 0 Å². The summed E-state index contributed by atoms with van der Waals surface area (Å²) < 4.78 is 0. The Labute approximate surface area is 118 Å². The highest BCUT2D eigenvalue weighted by Crippen LogP contribution is 2.26. The molecular formula is C16H30N2O. The Morgan fingerprint density at radius 2 is 1.79 bits per heavy atom. The van der Waals surface area contributed by atoms with Crippen molar-refractivity contribution in [1.29, 1.82) is 0 Å². The van der Waals surface area contributed by atoms with Gasteiger partial charge in [0.25, 0.3) is 0 Å². The van der Waals surface area contributed by atoms with E-state index in [1.165, 1.54) is 32.1 Å². The number of nitrogens with zero attached hydrogens (tertiary/aromatic N) is 1. The van der Waals surface area contributed by atoms with E-state index in [2.05, 4.69) is 17.1 Å². The molecule has 1 amide bonds. The first-order chi connectivity index (χ1) is 9.31. The van der Waals surface area contributed by atoms with Crippen LogP contribution < -0.4 is 5.32 Å². The Morgan fingerprint density at radius 1 is 1.11 bits per heavy atom. The van der Waals surface area contributed by atoms with E-state index in [-0.39, 0.29) is 0 Å². The molecular weight excluding hydrogens is 236 g/mol. The Bertz CT molecular complexity index is 268. The maximum Gasteiger partial charge on any atom is 0.225 e. The maximum atomic E-state index is 12.7. The molecule has 2 aliphatic rings. The zero-order valence-electron chi connectivity index (χ0n) is 12.5. The number of amides is 1. The number of carbonyl (C=O) groups excluding carboxylic acids is 1. The van der Waals surface area contributed by atoms with Crippen LogP contribution >= 0.6 is 0 Å². The van der Waals surface area contributed by atoms with Crippen molar-refractivity contribution in [2.75, 3.05) is 26.2 Å². The van der Waals surface area contributed by atoms with Gasteiger partial charge in [0.15, 0.2) is 0 Å². The second kappa shape index (κ2) is 7.88. The minimum absolute atomic E-state index is 0.335. The van der Waals surface area contributed by atoms with Gasteiger partial charge in [-0.3, -0.25) is 4.79 Å². The Kier molecular flexibility index (Phi) is 6.15. The van der Waals surface area contributed by atoms with Crippen LogP contribution in [0.15, 0.2) is 0 Å². The summed E-state index contributed by atoms with van der Waals surface area (Å²) >= 11 is 0. The molecule has 1 aliphatic carbocycles. The van der Waals surface area contributed by atoms with Crippen molar-refractivity contribution in [3.8, 4) is 0 Å². The fourth-order valence-electron chi connectivity index (χ4n) is 3.55. The van der Waals surface area contributed by atoms with Crippen LogP contribution in [0.25, 0.3) is 0 Å². The van der Waals surface area contributed by atoms with Crippen LogP contribution in [0.4, 0.5) is 0 Å². The number of hydrogen-bond acceptors (Lipinski definition) is 2. The van der Waals surface area contributed by atoms with Gasteiger partial charge >= 0.3 is 0 Å². The van der Waals surface area contributed by atoms with Crippen molar-refractivity contribution >= 4 is 5.91 Å². The molecule has 0 aromatic rings. The third-order valence-electron chi connectivity index (χ3n) is 4.70. The standard InChI is InChI=1S/C16H30N2O/c1-2-12-18(13-14-8-10-17-11-9-14)16(19)15-6-4-3-5-7-15/h14-15,17H,2-13H2,1H3. The van der Waals surface area contributed by atoms with Crippen molar-refractivity contribution in [2.24, 2.45) is 11.8 Å². The predicted molar refractivity (Wildman–Crippen MR) is 79.0 cm³/mol. The number of rotatable bonds is 5. The van der Waals surface area contributed by atoms with Gasteiger partial charge in [-0.05, 0) is 51.1 Å². The van der Waals surface area contributed by atoms with Crippen LogP contribution in [0.3, 0.4) is 0 Å². The average molecular weight is 266 g/mol. The molecule has 0 unspecified atom stereocenters. The smallest absolute Gasteiger partial charge is 0.225 e. The van der Waals surface area contributed by atoms with Gasteiger partial charge in [0, 0.05) is 19.0 Å². The minimum Gasteiger partial charge on any atom is -0.342 e. The van der Waals surface area contributed by atoms with Crippen LogP contribution in [0.2, 0.25) is 0 Å². The molecule has 3 heteroatoms. The lowest BCUT2D eigenvalue weighted by Crippen LogP contribution is -2.42. The summed E-state index contributed by atoms with van der Waals surface area (Å²) in [6.45, 7) is 6.40. The van der Waals surface area contributed by atoms with Gasteiger partial charge in [0.1, 0.15) is 0 Å². The SMILES string of the molecule is CCCN(CC1CCNCC1)C(=O)C1CCCCC1. The molecule has 1 saturated heterocycles. The molecule has 2 rings (SSSR count). The fourth-order valence-corrected chi connectivity index (χ4v) is 3.55. The van der Waals surface area contributed by atoms with Gasteiger partial charge in [0.2, 0.25) is 5.91 Å². The summed E-state index contributed by atoms with van der Waals surface area (Å²) in [5.41, 5.74) is 0. The van der Waals surface area contributed by atoms with Crippen LogP contribution in [0, 0.1) is 11.8 Å². The summed E-state index contributed by atoms with van der Waals surface area (Å²) in [6, 6.07) is 0. The second-order valence-electron chi connectivity index (χ2n) is 6.31. The summed E-state index contributed by atoms with van der Waals surface area (Å²) in [5, 5.41) is 3.41. The Hall–Kier alpha value is -0.570. The van der Waals surface area contributed by atoms with Crippen LogP contribution in [-0.2, 0) is 4.79 Å². The Morgan fingerprint density at radius 3 is 2.42 bits per heavy atom. The zero-order chi connectivity index (χ0) is 13.5. The van der Waals surface area contributed by atoms with Crippen molar-refractivity contribution in [3.63, 3.8) is 0 Å². The van der Waals surface area contributed by atoms with E-state index in [9.17, 15) is 4.79 Å². The molecule has 1 saturated carbocycles. The average Bonchev–Trinajstić information content (AvgIpc) is 2.48. The van der Waals surface area contributed by atoms with Gasteiger partial charge in [-0.2, -0.15) is 0 Å². The van der Waals surface area contributed by atoms with Gasteiger partial charge in [0.05, 0.1) is 0 Å². The highest BCUT2D eigenvalue weighted by Gasteiger charge is 2.27. The maximum absolute atomic E-state index is 12.7. The van der Waals surface area contributed by atoms with E-state index in [0.717, 1.165) is 51.4 Å². The molecule has 2 fully saturated rings. The molecule has 0 aromatic carbocycles. The van der Waals surface area contributed by atoms with E-state index >= 15 is 0 Å². The molecule has 3 nitrogen and oxygen atoms in total. The molecule has 0 spiro atoms. The minimum atomic E-state index is 0.335. The fraction of sp³-hybridized carbons (Fsp3) is 0.938. The van der Waals surface area contributed by atoms with Gasteiger partial charge in [-0.25, -0.2) is 0 Å². The lowest BCUT2D eigenvalue weighted by atomic mass is 9.87. The summed E-state index contributed by atoms with van der Waals surface area (Å²) in [5.74, 6) is 1.52. The molecule has 0 aromatic heterocycles. The quantitative estimate of drug-likeness (QED) is 0.830. The molecule has 0 radical (unpaired) electrons. The van der Waals surface area contributed by atoms with Crippen molar-refractivity contribution < 1.29 is 4.79 Å². The normalized spacial score (nSPS) is 22.4. The molecule has 0 bridgehead atoms. The first-order valence-corrected chi connectivity index (χ1v) is 8.30. The van der Waals surface area contributed by atoms with E-state index in [4.69, 9.17) is 0 Å². The van der Waals surface area contributed by atoms with E-state index < -0.39 is 0 Å². The number of hydrogen-bond donors (Lipinski definition) is 1. The van der Waals surface area contributed by atoms with Gasteiger partial charge in [-0.1, -0.05) is 26.2 Å². The molecule has 19 heavy (non-hydrogen) atoms. The largest absolute Gasteiger partial charge is 0.342 e. The second-order valence-corrected chi connectivity index (χ2v) is 6.31. The monoisotopic (exact) mass is 266 g/mol. The Balaban J connectivity index is 1.87. The topological polar surface area (TPSA) is 32.3 Å². The van der Waals surface area contributed by atoms with Crippen molar-refractivity contribution in [1.82, 2.24) is 10.2 Å². The van der Waals surface area contributed by atoms with Gasteiger partial charge < -0.3 is 10.2 Å². The van der Waals surface area contributed by atoms with E-state index in [1.807, 2.05) is 0 Å². The predicted octanol–water partition coefficient (Wildman–Crippen LogP) is 2.80. The highest BCUT2D eigenvalue weighted by atomic mass is 16.2. The highest BCUT2D eigenvalue weighted by molar-refractivity contribution is 5.78. The van der Waals surface area contributed by atoms with Gasteiger partial charge in [-0.15, -0.1) is 0 Å². The van der Waals surface area contributed by atoms with Crippen molar-refractivity contribution in [3.05, 3.63) is 0 Å². The van der Waals surface area contributed by atoms with Crippen LogP contribution in [-0.4, -0.2) is 37.0 Å². The third-order valence-corrected chi connectivity index (χ3v) is 4.70. The number of carbonyl (C=O) groups is 1. The summed E-state index contributed by atoms with van der Waals surface area (Å²) in [7, 11) is 0. The first-order valence-electron chi connectivity index (χ1n) is 8.30. The molecule has 1 aliphatic heterocycles.